The minimum Gasteiger partial charge on any atom is -0.341 e. The number of aryl methyl sites for hydroxylation is 5. The second kappa shape index (κ2) is 50.3. The minimum atomic E-state index is -0.204. The molecule has 10 aliphatic rings. The summed E-state index contributed by atoms with van der Waals surface area (Å²) in [5.74, 6) is 1.66. The standard InChI is InChI=1S/2C24H28ClN3O2.3C24H28FN3O2/c1-26(24(30)22-16-27(2)23(29)21-8-4-7-20(21)22)14-17-9-11-28(12-10-17)15-18-5-3-6-19(25)13-18;1-26(24(30)22-16-27(2)23(29)21-5-3-4-20(21)22)14-18-10-12-28(13-11-18)15-17-6-8-19(25)9-7-17;1-26(24(30)22-16-27(2)23(29)21-8-4-7-20(21)22)14-17-9-11-28(12-10-17)15-18-5-3-6-19(25)13-18;1-26(24(30)21-16-27(2)23(29)20-8-5-7-19(20)21)14-17-10-12-28(13-11-17)15-18-6-3-4-9-22(18)25;1-26(24(30)22-16-27(2)23(29)21-5-3-4-20(21)22)14-18-10-12-28(13-11-18)15-17-6-8-19(25)9-7-17/h3-7,13,16-17H,8-12,14-15H2,1-2H3;3-4,6-9,16,18H,5,10-15H2,1-2H3;3-7,13,16-17H,8-12,14-15H2,1-2H3;3-7,9,16-17H,8,10-15H2,1-2H3;3-4,6-9,16,18H,5,10-15H2,1-2H3. The van der Waals surface area contributed by atoms with Gasteiger partial charge in [-0.2, -0.15) is 0 Å². The Balaban J connectivity index is 0.000000133. The molecule has 10 heterocycles. The molecule has 5 aliphatic carbocycles. The molecule has 5 amide bonds. The van der Waals surface area contributed by atoms with Crippen molar-refractivity contribution < 1.29 is 37.1 Å². The van der Waals surface area contributed by atoms with Crippen LogP contribution >= 0.6 is 23.2 Å². The summed E-state index contributed by atoms with van der Waals surface area (Å²) >= 11 is 12.1. The largest absolute Gasteiger partial charge is 0.341 e. The van der Waals surface area contributed by atoms with Crippen molar-refractivity contribution in [2.24, 2.45) is 64.8 Å². The van der Waals surface area contributed by atoms with Gasteiger partial charge in [0.1, 0.15) is 17.5 Å². The van der Waals surface area contributed by atoms with Gasteiger partial charge >= 0.3 is 0 Å². The molecule has 5 aromatic heterocycles. The van der Waals surface area contributed by atoms with Gasteiger partial charge in [-0.3, -0.25) is 72.4 Å². The van der Waals surface area contributed by atoms with Crippen LogP contribution in [0, 0.1) is 47.0 Å². The lowest BCUT2D eigenvalue weighted by molar-refractivity contribution is 0.0729. The van der Waals surface area contributed by atoms with Crippen molar-refractivity contribution in [1.82, 2.24) is 71.8 Å². The van der Waals surface area contributed by atoms with E-state index in [9.17, 15) is 61.1 Å². The molecule has 0 unspecified atom stereocenters. The number of rotatable bonds is 25. The number of likely N-dealkylation sites (tertiary alicyclic amines) is 5. The van der Waals surface area contributed by atoms with Gasteiger partial charge in [0.05, 0.1) is 27.8 Å². The molecule has 5 saturated heterocycles. The van der Waals surface area contributed by atoms with E-state index in [4.69, 9.17) is 23.2 Å². The molecular formula is C120H140Cl2F3N15O10. The molecule has 25 nitrogen and oxygen atoms in total. The molecule has 0 N–H and O–H groups in total. The number of fused-ring (bicyclic) bond motifs is 5. The van der Waals surface area contributed by atoms with Gasteiger partial charge < -0.3 is 47.3 Å². The molecule has 5 aromatic carbocycles. The minimum absolute atomic E-state index is 0.00278. The SMILES string of the molecule is CN(CC1CCN(Cc2ccc(Cl)cc2)CC1)C(=O)c1cn(C)c(=O)c2c1C=CC2.CN(CC1CCN(Cc2ccc(F)cc2)CC1)C(=O)c1cn(C)c(=O)c2c1C=CC2.CN(CC1CCN(Cc2cccc(Cl)c2)CC1)C(=O)c1cn(C)c(=O)c2c1C=CC2.CN(CC1CCN(Cc2cccc(F)c2)CC1)C(=O)c1cn(C)c(=O)c2c1C=CC2.CN(CC1CCN(Cc2ccccc2F)CC1)C(=O)c1cn(C)c(=O)c2c1C=CC2. The van der Waals surface area contributed by atoms with Crippen molar-refractivity contribution in [3.05, 3.63) is 373 Å². The summed E-state index contributed by atoms with van der Waals surface area (Å²) in [5, 5.41) is 1.55. The fraction of sp³-hybridized carbons (Fsp3) is 0.417. The Morgan fingerprint density at radius 1 is 0.287 bits per heavy atom. The van der Waals surface area contributed by atoms with Crippen LogP contribution in [-0.4, -0.2) is 235 Å². The highest BCUT2D eigenvalue weighted by Gasteiger charge is 2.35. The van der Waals surface area contributed by atoms with Crippen LogP contribution in [0.5, 0.6) is 0 Å². The van der Waals surface area contributed by atoms with Crippen LogP contribution in [-0.2, 0) is 100 Å². The molecule has 0 bridgehead atoms. The van der Waals surface area contributed by atoms with Gasteiger partial charge in [-0.05, 0) is 296 Å². The molecule has 20 rings (SSSR count). The molecule has 10 aromatic rings. The van der Waals surface area contributed by atoms with Gasteiger partial charge in [0.25, 0.3) is 57.3 Å². The van der Waals surface area contributed by atoms with Crippen LogP contribution in [0.15, 0.2) is 207 Å². The lowest BCUT2D eigenvalue weighted by atomic mass is 9.95. The van der Waals surface area contributed by atoms with E-state index in [0.717, 1.165) is 235 Å². The van der Waals surface area contributed by atoms with E-state index in [1.54, 1.807) is 99.1 Å². The zero-order valence-electron chi connectivity index (χ0n) is 88.0. The average molecular weight is 2080 g/mol. The number of carbonyl (C=O) groups is 5. The van der Waals surface area contributed by atoms with Crippen LogP contribution in [0.3, 0.4) is 0 Å². The Bertz CT molecular complexity index is 6750. The third-order valence-corrected chi connectivity index (χ3v) is 31.8. The van der Waals surface area contributed by atoms with E-state index in [1.165, 1.54) is 58.2 Å². The van der Waals surface area contributed by atoms with Crippen LogP contribution in [0.1, 0.15) is 199 Å². The number of allylic oxidation sites excluding steroid dienone is 5. The summed E-state index contributed by atoms with van der Waals surface area (Å²) in [4.78, 5) is 148. The van der Waals surface area contributed by atoms with Crippen molar-refractivity contribution >= 4 is 83.1 Å². The van der Waals surface area contributed by atoms with Crippen molar-refractivity contribution in [2.75, 3.05) is 133 Å². The Kier molecular flexibility index (Phi) is 36.8. The predicted octanol–water partition coefficient (Wildman–Crippen LogP) is 16.4. The van der Waals surface area contributed by atoms with Gasteiger partial charge in [0.15, 0.2) is 0 Å². The normalized spacial score (nSPS) is 16.6. The number of hydrogen-bond donors (Lipinski definition) is 0. The number of carbonyl (C=O) groups excluding carboxylic acids is 5. The Morgan fingerprint density at radius 3 is 0.813 bits per heavy atom. The lowest BCUT2D eigenvalue weighted by Crippen LogP contribution is -2.39. The van der Waals surface area contributed by atoms with Gasteiger partial charge in [-0.15, -0.1) is 0 Å². The lowest BCUT2D eigenvalue weighted by Gasteiger charge is -2.34. The number of hydrogen-bond acceptors (Lipinski definition) is 15. The zero-order chi connectivity index (χ0) is 106. The Hall–Kier alpha value is -12.9. The molecule has 5 aliphatic heterocycles. The van der Waals surface area contributed by atoms with Crippen LogP contribution in [0.25, 0.3) is 30.4 Å². The Morgan fingerprint density at radius 2 is 0.540 bits per heavy atom. The number of benzene rings is 5. The number of piperidine rings is 5. The fourth-order valence-electron chi connectivity index (χ4n) is 22.7. The second-order valence-corrected chi connectivity index (χ2v) is 43.3. The van der Waals surface area contributed by atoms with Crippen molar-refractivity contribution in [3.8, 4) is 0 Å². The molecule has 0 radical (unpaired) electrons. The van der Waals surface area contributed by atoms with E-state index in [2.05, 4.69) is 42.7 Å². The average Bonchev–Trinajstić information content (AvgIpc) is 1.61. The number of aromatic nitrogens is 5. The summed E-state index contributed by atoms with van der Waals surface area (Å²) in [6, 6.07) is 36.5. The molecule has 150 heavy (non-hydrogen) atoms. The highest BCUT2D eigenvalue weighted by Crippen LogP contribution is 2.34. The van der Waals surface area contributed by atoms with Gasteiger partial charge in [0, 0.05) is 210 Å². The summed E-state index contributed by atoms with van der Waals surface area (Å²) in [5.41, 5.74) is 15.8. The first-order valence-electron chi connectivity index (χ1n) is 52.7. The first-order valence-corrected chi connectivity index (χ1v) is 53.4. The van der Waals surface area contributed by atoms with E-state index in [1.807, 2.05) is 166 Å². The maximum absolute atomic E-state index is 13.9. The fourth-order valence-corrected chi connectivity index (χ4v) is 23.0. The van der Waals surface area contributed by atoms with Crippen molar-refractivity contribution in [1.29, 1.82) is 0 Å². The number of pyridine rings is 5. The summed E-state index contributed by atoms with van der Waals surface area (Å²) in [6.45, 7) is 17.4. The summed E-state index contributed by atoms with van der Waals surface area (Å²) in [7, 11) is 17.8. The first-order chi connectivity index (χ1) is 72.1. The Labute approximate surface area is 887 Å². The highest BCUT2D eigenvalue weighted by atomic mass is 35.5. The molecule has 0 spiro atoms. The van der Waals surface area contributed by atoms with Crippen LogP contribution in [0.4, 0.5) is 13.2 Å². The monoisotopic (exact) mass is 2080 g/mol. The molecule has 5 fully saturated rings. The number of amides is 5. The van der Waals surface area contributed by atoms with E-state index < -0.39 is 0 Å². The van der Waals surface area contributed by atoms with Gasteiger partial charge in [-0.1, -0.05) is 151 Å². The first kappa shape index (κ1) is 110. The second-order valence-electron chi connectivity index (χ2n) is 42.4. The van der Waals surface area contributed by atoms with Gasteiger partial charge in [-0.25, -0.2) is 13.2 Å². The summed E-state index contributed by atoms with van der Waals surface area (Å²) in [6.07, 6.45) is 41.0. The zero-order valence-corrected chi connectivity index (χ0v) is 89.5. The third kappa shape index (κ3) is 27.3. The van der Waals surface area contributed by atoms with Crippen LogP contribution < -0.4 is 27.8 Å². The van der Waals surface area contributed by atoms with E-state index >= 15 is 0 Å². The smallest absolute Gasteiger partial charge is 0.255 e. The summed E-state index contributed by atoms with van der Waals surface area (Å²) < 4.78 is 48.0. The molecular weight excluding hydrogens is 1940 g/mol. The topological polar surface area (TPSA) is 228 Å². The maximum atomic E-state index is 13.9. The van der Waals surface area contributed by atoms with Crippen LogP contribution in [0.2, 0.25) is 10.0 Å². The van der Waals surface area contributed by atoms with E-state index in [0.29, 0.717) is 132 Å². The van der Waals surface area contributed by atoms with Gasteiger partial charge in [0.2, 0.25) is 0 Å². The third-order valence-electron chi connectivity index (χ3n) is 31.3. The maximum Gasteiger partial charge on any atom is 0.255 e. The highest BCUT2D eigenvalue weighted by molar-refractivity contribution is 6.31. The molecule has 0 saturated carbocycles. The molecule has 790 valence electrons. The van der Waals surface area contributed by atoms with E-state index in [-0.39, 0.29) is 74.8 Å². The quantitative estimate of drug-likeness (QED) is 0.0518. The molecule has 0 atom stereocenters. The van der Waals surface area contributed by atoms with Crippen molar-refractivity contribution in [3.63, 3.8) is 0 Å². The number of halogens is 5. The predicted molar refractivity (Wildman–Crippen MR) is 589 cm³/mol. The molecule has 30 heteroatoms. The number of nitrogens with zero attached hydrogens (tertiary/aromatic N) is 15. The van der Waals surface area contributed by atoms with Crippen molar-refractivity contribution in [2.45, 2.75) is 129 Å².